The third-order valence-electron chi connectivity index (χ3n) is 5.44. The van der Waals surface area contributed by atoms with Gasteiger partial charge in [-0.15, -0.1) is 0 Å². The molecule has 0 unspecified atom stereocenters. The number of hydrogen-bond acceptors (Lipinski definition) is 4. The molecular formula is C25H42O4. The number of rotatable bonds is 18. The van der Waals surface area contributed by atoms with Crippen molar-refractivity contribution in [3.8, 4) is 11.5 Å². The number of phenols is 2. The van der Waals surface area contributed by atoms with E-state index in [1.54, 1.807) is 0 Å². The summed E-state index contributed by atoms with van der Waals surface area (Å²) < 4.78 is 5.21. The van der Waals surface area contributed by atoms with Crippen LogP contribution in [0.3, 0.4) is 0 Å². The summed E-state index contributed by atoms with van der Waals surface area (Å²) >= 11 is 0. The van der Waals surface area contributed by atoms with E-state index >= 15 is 0 Å². The van der Waals surface area contributed by atoms with E-state index in [-0.39, 0.29) is 17.1 Å². The van der Waals surface area contributed by atoms with Gasteiger partial charge in [-0.05, 0) is 24.6 Å². The van der Waals surface area contributed by atoms with Crippen molar-refractivity contribution >= 4 is 5.97 Å². The van der Waals surface area contributed by atoms with E-state index < -0.39 is 5.97 Å². The van der Waals surface area contributed by atoms with Gasteiger partial charge in [-0.25, -0.2) is 4.79 Å². The molecule has 0 aliphatic rings. The summed E-state index contributed by atoms with van der Waals surface area (Å²) in [6.07, 6.45) is 21.0. The van der Waals surface area contributed by atoms with Gasteiger partial charge in [-0.3, -0.25) is 0 Å². The Labute approximate surface area is 177 Å². The number of esters is 1. The highest BCUT2D eigenvalue weighted by molar-refractivity contribution is 5.90. The van der Waals surface area contributed by atoms with Crippen molar-refractivity contribution in [3.05, 3.63) is 23.8 Å². The summed E-state index contributed by atoms with van der Waals surface area (Å²) in [5.74, 6) is -0.998. The Kier molecular flexibility index (Phi) is 15.0. The zero-order valence-corrected chi connectivity index (χ0v) is 18.5. The molecule has 0 aromatic heterocycles. The summed E-state index contributed by atoms with van der Waals surface area (Å²) in [6.45, 7) is 2.67. The Balaban J connectivity index is 1.83. The first-order valence-electron chi connectivity index (χ1n) is 11.8. The molecule has 29 heavy (non-hydrogen) atoms. The molecule has 166 valence electrons. The minimum atomic E-state index is -0.457. The van der Waals surface area contributed by atoms with Gasteiger partial charge in [-0.1, -0.05) is 103 Å². The third kappa shape index (κ3) is 13.2. The minimum absolute atomic E-state index is 0.237. The second-order valence-electron chi connectivity index (χ2n) is 8.14. The number of hydrogen-bond donors (Lipinski definition) is 2. The highest BCUT2D eigenvalue weighted by Gasteiger charge is 2.09. The third-order valence-corrected chi connectivity index (χ3v) is 5.44. The van der Waals surface area contributed by atoms with Gasteiger partial charge in [0.05, 0.1) is 12.2 Å². The van der Waals surface area contributed by atoms with Crippen LogP contribution in [-0.4, -0.2) is 22.8 Å². The predicted molar refractivity (Wildman–Crippen MR) is 120 cm³/mol. The standard InChI is InChI=1S/C25H42O4/c1-2-3-4-5-6-7-8-9-10-11-12-13-14-15-16-17-20-29-25(28)22-18-19-23(26)24(27)21-22/h18-19,21,26-27H,2-17,20H2,1H3. The van der Waals surface area contributed by atoms with Crippen LogP contribution in [0.1, 0.15) is 120 Å². The molecule has 0 amide bonds. The first kappa shape index (κ1) is 25.3. The Bertz CT molecular complexity index is 542. The first-order chi connectivity index (χ1) is 14.1. The summed E-state index contributed by atoms with van der Waals surface area (Å²) in [7, 11) is 0. The van der Waals surface area contributed by atoms with Gasteiger partial charge in [0.2, 0.25) is 0 Å². The zero-order valence-electron chi connectivity index (χ0n) is 18.5. The van der Waals surface area contributed by atoms with E-state index in [0.717, 1.165) is 12.8 Å². The van der Waals surface area contributed by atoms with Gasteiger partial charge < -0.3 is 14.9 Å². The molecule has 0 saturated carbocycles. The van der Waals surface area contributed by atoms with Gasteiger partial charge in [0.25, 0.3) is 0 Å². The van der Waals surface area contributed by atoms with Crippen LogP contribution < -0.4 is 0 Å². The largest absolute Gasteiger partial charge is 0.504 e. The minimum Gasteiger partial charge on any atom is -0.504 e. The van der Waals surface area contributed by atoms with Crippen LogP contribution in [0, 0.1) is 0 Å². The van der Waals surface area contributed by atoms with Gasteiger partial charge in [-0.2, -0.15) is 0 Å². The lowest BCUT2D eigenvalue weighted by molar-refractivity contribution is 0.0497. The number of carbonyl (C=O) groups is 1. The Morgan fingerprint density at radius 3 is 1.59 bits per heavy atom. The maximum Gasteiger partial charge on any atom is 0.338 e. The van der Waals surface area contributed by atoms with Crippen LogP contribution in [0.2, 0.25) is 0 Å². The fourth-order valence-electron chi connectivity index (χ4n) is 3.55. The quantitative estimate of drug-likeness (QED) is 0.150. The summed E-state index contributed by atoms with van der Waals surface area (Å²) in [5, 5.41) is 18.7. The van der Waals surface area contributed by atoms with Crippen LogP contribution in [0.4, 0.5) is 0 Å². The zero-order chi connectivity index (χ0) is 21.2. The van der Waals surface area contributed by atoms with Crippen molar-refractivity contribution in [1.29, 1.82) is 0 Å². The maximum atomic E-state index is 11.9. The van der Waals surface area contributed by atoms with E-state index in [1.807, 2.05) is 0 Å². The Hall–Kier alpha value is -1.71. The number of ether oxygens (including phenoxy) is 1. The van der Waals surface area contributed by atoms with Crippen LogP contribution in [0.15, 0.2) is 18.2 Å². The monoisotopic (exact) mass is 406 g/mol. The van der Waals surface area contributed by atoms with E-state index in [9.17, 15) is 15.0 Å². The Morgan fingerprint density at radius 1 is 0.690 bits per heavy atom. The van der Waals surface area contributed by atoms with Crippen molar-refractivity contribution in [2.45, 2.75) is 110 Å². The number of aromatic hydroxyl groups is 2. The number of benzene rings is 1. The second-order valence-corrected chi connectivity index (χ2v) is 8.14. The molecule has 0 atom stereocenters. The van der Waals surface area contributed by atoms with Crippen LogP contribution in [0.5, 0.6) is 11.5 Å². The summed E-state index contributed by atoms with van der Waals surface area (Å²) in [5.41, 5.74) is 0.261. The van der Waals surface area contributed by atoms with E-state index in [4.69, 9.17) is 4.74 Å². The lowest BCUT2D eigenvalue weighted by Crippen LogP contribution is -2.06. The Morgan fingerprint density at radius 2 is 1.14 bits per heavy atom. The lowest BCUT2D eigenvalue weighted by atomic mass is 10.0. The van der Waals surface area contributed by atoms with Crippen molar-refractivity contribution < 1.29 is 19.7 Å². The molecule has 4 heteroatoms. The molecule has 0 aliphatic heterocycles. The molecule has 0 saturated heterocycles. The fourth-order valence-corrected chi connectivity index (χ4v) is 3.55. The molecule has 0 radical (unpaired) electrons. The number of carbonyl (C=O) groups excluding carboxylic acids is 1. The lowest BCUT2D eigenvalue weighted by Gasteiger charge is -2.06. The maximum absolute atomic E-state index is 11.9. The molecule has 0 fully saturated rings. The molecule has 4 nitrogen and oxygen atoms in total. The predicted octanol–water partition coefficient (Wildman–Crippen LogP) is 7.52. The summed E-state index contributed by atoms with van der Waals surface area (Å²) in [4.78, 5) is 11.9. The number of phenolic OH excluding ortho intramolecular Hbond substituents is 2. The van der Waals surface area contributed by atoms with Crippen molar-refractivity contribution in [2.75, 3.05) is 6.61 Å². The van der Waals surface area contributed by atoms with E-state index in [1.165, 1.54) is 108 Å². The van der Waals surface area contributed by atoms with Crippen LogP contribution in [0.25, 0.3) is 0 Å². The van der Waals surface area contributed by atoms with Crippen LogP contribution >= 0.6 is 0 Å². The topological polar surface area (TPSA) is 66.8 Å². The van der Waals surface area contributed by atoms with Gasteiger partial charge in [0, 0.05) is 0 Å². The molecule has 0 spiro atoms. The molecule has 0 heterocycles. The van der Waals surface area contributed by atoms with E-state index in [2.05, 4.69) is 6.92 Å². The SMILES string of the molecule is CCCCCCCCCCCCCCCCCCOC(=O)c1ccc(O)c(O)c1. The highest BCUT2D eigenvalue weighted by Crippen LogP contribution is 2.25. The molecule has 0 aliphatic carbocycles. The average Bonchev–Trinajstić information content (AvgIpc) is 2.72. The first-order valence-corrected chi connectivity index (χ1v) is 11.8. The summed E-state index contributed by atoms with van der Waals surface area (Å²) in [6, 6.07) is 3.97. The normalized spacial score (nSPS) is 10.9. The van der Waals surface area contributed by atoms with Crippen molar-refractivity contribution in [2.24, 2.45) is 0 Å². The smallest absolute Gasteiger partial charge is 0.338 e. The number of unbranched alkanes of at least 4 members (excludes halogenated alkanes) is 15. The van der Waals surface area contributed by atoms with Gasteiger partial charge in [0.15, 0.2) is 11.5 Å². The second kappa shape index (κ2) is 17.2. The molecular weight excluding hydrogens is 364 g/mol. The van der Waals surface area contributed by atoms with Crippen LogP contribution in [-0.2, 0) is 4.74 Å². The molecule has 1 aromatic carbocycles. The average molecular weight is 407 g/mol. The molecule has 1 aromatic rings. The fraction of sp³-hybridized carbons (Fsp3) is 0.720. The van der Waals surface area contributed by atoms with Gasteiger partial charge >= 0.3 is 5.97 Å². The molecule has 2 N–H and O–H groups in total. The highest BCUT2D eigenvalue weighted by atomic mass is 16.5. The van der Waals surface area contributed by atoms with Crippen molar-refractivity contribution in [3.63, 3.8) is 0 Å². The molecule has 1 rings (SSSR count). The van der Waals surface area contributed by atoms with Crippen molar-refractivity contribution in [1.82, 2.24) is 0 Å². The van der Waals surface area contributed by atoms with Gasteiger partial charge in [0.1, 0.15) is 0 Å². The molecule has 0 bridgehead atoms. The van der Waals surface area contributed by atoms with E-state index in [0.29, 0.717) is 6.61 Å².